The van der Waals surface area contributed by atoms with E-state index in [0.29, 0.717) is 0 Å². The van der Waals surface area contributed by atoms with E-state index < -0.39 is 0 Å². The molecule has 0 amide bonds. The number of fused-ring (bicyclic) bond motifs is 1. The molecule has 2 aliphatic rings. The lowest BCUT2D eigenvalue weighted by Gasteiger charge is -2.28. The van der Waals surface area contributed by atoms with Gasteiger partial charge in [-0.15, -0.1) is 11.3 Å². The monoisotopic (exact) mass is 356 g/mol. The average molecular weight is 356 g/mol. The second-order valence-corrected chi connectivity index (χ2v) is 7.53. The first kappa shape index (κ1) is 16.5. The van der Waals surface area contributed by atoms with Gasteiger partial charge in [0.25, 0.3) is 0 Å². The molecule has 2 aromatic rings. The maximum atomic E-state index is 4.95. The molecule has 1 saturated heterocycles. The Morgan fingerprint density at radius 3 is 3.00 bits per heavy atom. The molecule has 0 bridgehead atoms. The van der Waals surface area contributed by atoms with Gasteiger partial charge in [0.15, 0.2) is 0 Å². The van der Waals surface area contributed by atoms with Gasteiger partial charge in [-0.25, -0.2) is 4.99 Å². The Bertz CT molecular complexity index is 809. The molecule has 0 radical (unpaired) electrons. The fraction of sp³-hybridized carbons (Fsp3) is 0.444. The first-order valence-electron chi connectivity index (χ1n) is 8.90. The number of nitrogens with zero attached hydrogens (tertiary/aromatic N) is 2. The van der Waals surface area contributed by atoms with Crippen molar-refractivity contribution in [2.75, 3.05) is 25.0 Å². The fourth-order valence-electron chi connectivity index (χ4n) is 3.18. The number of hydrogen-bond acceptors (Lipinski definition) is 6. The molecule has 1 unspecified atom stereocenters. The first-order valence-corrected chi connectivity index (χ1v) is 9.72. The highest BCUT2D eigenvalue weighted by atomic mass is 32.1. The van der Waals surface area contributed by atoms with Gasteiger partial charge in [-0.05, 0) is 19.4 Å². The molecule has 7 heteroatoms. The Morgan fingerprint density at radius 1 is 1.36 bits per heavy atom. The number of piperazine rings is 1. The zero-order chi connectivity index (χ0) is 17.2. The van der Waals surface area contributed by atoms with Crippen molar-refractivity contribution in [1.29, 1.82) is 0 Å². The number of aryl methyl sites for hydroxylation is 1. The van der Waals surface area contributed by atoms with Gasteiger partial charge in [0.2, 0.25) is 0 Å². The summed E-state index contributed by atoms with van der Waals surface area (Å²) in [6.07, 6.45) is 6.33. The van der Waals surface area contributed by atoms with Crippen LogP contribution in [0.25, 0.3) is 16.1 Å². The number of amidine groups is 1. The predicted molar refractivity (Wildman–Crippen MR) is 105 cm³/mol. The minimum Gasteiger partial charge on any atom is -0.341 e. The summed E-state index contributed by atoms with van der Waals surface area (Å²) in [5.41, 5.74) is 4.50. The zero-order valence-electron chi connectivity index (χ0n) is 14.6. The van der Waals surface area contributed by atoms with Crippen LogP contribution in [0.15, 0.2) is 23.3 Å². The van der Waals surface area contributed by atoms with Crippen LogP contribution in [0.2, 0.25) is 0 Å². The van der Waals surface area contributed by atoms with Gasteiger partial charge in [0, 0.05) is 35.8 Å². The van der Waals surface area contributed by atoms with E-state index in [-0.39, 0.29) is 6.04 Å². The normalized spacial score (nSPS) is 21.8. The Balaban J connectivity index is 1.70. The molecule has 4 rings (SSSR count). The number of rotatable bonds is 4. The Labute approximate surface area is 151 Å². The largest absolute Gasteiger partial charge is 0.341 e. The van der Waals surface area contributed by atoms with E-state index in [4.69, 9.17) is 4.99 Å². The Kier molecular flexibility index (Phi) is 4.70. The molecule has 0 saturated carbocycles. The summed E-state index contributed by atoms with van der Waals surface area (Å²) in [5, 5.41) is 17.7. The summed E-state index contributed by atoms with van der Waals surface area (Å²) in [6, 6.07) is 2.45. The van der Waals surface area contributed by atoms with Crippen LogP contribution in [-0.4, -0.2) is 41.7 Å². The SMILES string of the molecule is CCC/C=C1/N=C(C2CNCCN2)Nc2cc(-c3cn[nH]c3C)sc21. The quantitative estimate of drug-likeness (QED) is 0.679. The standard InChI is InChI=1S/C18H24N6S/c1-3-4-5-13-17-14(8-16(25-17)12-9-21-24-11(12)2)23-18(22-13)15-10-19-6-7-20-15/h5,8-9,15,19-20H,3-4,6-7,10H2,1-2H3,(H,21,24)(H,22,23)/b13-5+. The maximum absolute atomic E-state index is 4.95. The number of H-pyrrole nitrogens is 1. The summed E-state index contributed by atoms with van der Waals surface area (Å²) in [7, 11) is 0. The summed E-state index contributed by atoms with van der Waals surface area (Å²) in [6.45, 7) is 7.14. The zero-order valence-corrected chi connectivity index (χ0v) is 15.5. The molecule has 0 aromatic carbocycles. The summed E-state index contributed by atoms with van der Waals surface area (Å²) >= 11 is 1.78. The molecule has 2 aromatic heterocycles. The summed E-state index contributed by atoms with van der Waals surface area (Å²) in [4.78, 5) is 7.39. The molecule has 0 aliphatic carbocycles. The highest BCUT2D eigenvalue weighted by molar-refractivity contribution is 7.17. The lowest BCUT2D eigenvalue weighted by atomic mass is 10.1. The molecule has 2 aliphatic heterocycles. The van der Waals surface area contributed by atoms with E-state index >= 15 is 0 Å². The highest BCUT2D eigenvalue weighted by Crippen LogP contribution is 2.42. The number of allylic oxidation sites excluding steroid dienone is 1. The molecule has 4 heterocycles. The minimum atomic E-state index is 0.228. The van der Waals surface area contributed by atoms with E-state index in [0.717, 1.165) is 61.0 Å². The van der Waals surface area contributed by atoms with Crippen LogP contribution < -0.4 is 16.0 Å². The van der Waals surface area contributed by atoms with E-state index in [1.165, 1.54) is 9.75 Å². The van der Waals surface area contributed by atoms with Crippen LogP contribution in [0.4, 0.5) is 5.69 Å². The molecular weight excluding hydrogens is 332 g/mol. The van der Waals surface area contributed by atoms with Crippen LogP contribution in [0, 0.1) is 6.92 Å². The summed E-state index contributed by atoms with van der Waals surface area (Å²) in [5.74, 6) is 1.01. The van der Waals surface area contributed by atoms with Gasteiger partial charge < -0.3 is 16.0 Å². The summed E-state index contributed by atoms with van der Waals surface area (Å²) < 4.78 is 0. The molecule has 6 nitrogen and oxygen atoms in total. The molecule has 4 N–H and O–H groups in total. The maximum Gasteiger partial charge on any atom is 0.125 e. The van der Waals surface area contributed by atoms with Crippen LogP contribution in [0.1, 0.15) is 30.3 Å². The predicted octanol–water partition coefficient (Wildman–Crippen LogP) is 2.97. The minimum absolute atomic E-state index is 0.228. The van der Waals surface area contributed by atoms with Crippen molar-refractivity contribution in [3.05, 3.63) is 28.9 Å². The third-order valence-electron chi connectivity index (χ3n) is 4.56. The van der Waals surface area contributed by atoms with Crippen molar-refractivity contribution < 1.29 is 0 Å². The topological polar surface area (TPSA) is 77.1 Å². The third-order valence-corrected chi connectivity index (χ3v) is 5.75. The first-order chi connectivity index (χ1) is 12.3. The second kappa shape index (κ2) is 7.11. The molecular formula is C18H24N6S. The highest BCUT2D eigenvalue weighted by Gasteiger charge is 2.26. The van der Waals surface area contributed by atoms with Crippen molar-refractivity contribution in [3.8, 4) is 10.4 Å². The second-order valence-electron chi connectivity index (χ2n) is 6.47. The smallest absolute Gasteiger partial charge is 0.125 e. The molecule has 1 atom stereocenters. The van der Waals surface area contributed by atoms with Gasteiger partial charge in [-0.1, -0.05) is 19.4 Å². The number of unbranched alkanes of at least 4 members (excludes halogenated alkanes) is 1. The number of nitrogens with one attached hydrogen (secondary N) is 4. The lowest BCUT2D eigenvalue weighted by molar-refractivity contribution is 0.487. The number of thiophene rings is 1. The van der Waals surface area contributed by atoms with Crippen LogP contribution in [0.3, 0.4) is 0 Å². The number of anilines is 1. The third kappa shape index (κ3) is 3.27. The van der Waals surface area contributed by atoms with Crippen molar-refractivity contribution in [1.82, 2.24) is 20.8 Å². The molecule has 1 fully saturated rings. The number of aromatic nitrogens is 2. The Morgan fingerprint density at radius 2 is 2.28 bits per heavy atom. The van der Waals surface area contributed by atoms with Gasteiger partial charge in [-0.3, -0.25) is 5.10 Å². The lowest BCUT2D eigenvalue weighted by Crippen LogP contribution is -2.54. The van der Waals surface area contributed by atoms with E-state index in [1.807, 2.05) is 6.20 Å². The van der Waals surface area contributed by atoms with Crippen LogP contribution in [-0.2, 0) is 0 Å². The van der Waals surface area contributed by atoms with E-state index in [1.54, 1.807) is 11.3 Å². The van der Waals surface area contributed by atoms with Crippen molar-refractivity contribution in [2.45, 2.75) is 32.7 Å². The molecule has 0 spiro atoms. The fourth-order valence-corrected chi connectivity index (χ4v) is 4.35. The molecule has 25 heavy (non-hydrogen) atoms. The van der Waals surface area contributed by atoms with E-state index in [9.17, 15) is 0 Å². The van der Waals surface area contributed by atoms with Gasteiger partial charge >= 0.3 is 0 Å². The van der Waals surface area contributed by atoms with Crippen molar-refractivity contribution in [3.63, 3.8) is 0 Å². The van der Waals surface area contributed by atoms with Gasteiger partial charge in [-0.2, -0.15) is 5.10 Å². The van der Waals surface area contributed by atoms with Crippen molar-refractivity contribution >= 4 is 28.6 Å². The van der Waals surface area contributed by atoms with Gasteiger partial charge in [0.05, 0.1) is 28.5 Å². The van der Waals surface area contributed by atoms with Gasteiger partial charge in [0.1, 0.15) is 5.84 Å². The number of aromatic amines is 1. The van der Waals surface area contributed by atoms with Crippen molar-refractivity contribution in [2.24, 2.45) is 4.99 Å². The van der Waals surface area contributed by atoms with Crippen LogP contribution in [0.5, 0.6) is 0 Å². The average Bonchev–Trinajstić information content (AvgIpc) is 3.25. The number of hydrogen-bond donors (Lipinski definition) is 4. The van der Waals surface area contributed by atoms with E-state index in [2.05, 4.69) is 52.1 Å². The number of aliphatic imine (C=N–C) groups is 1. The Hall–Kier alpha value is -1.96. The van der Waals surface area contributed by atoms with Crippen LogP contribution >= 0.6 is 11.3 Å². The molecule has 132 valence electrons.